The monoisotopic (exact) mass is 532 g/mol. The maximum absolute atomic E-state index is 13.4. The lowest BCUT2D eigenvalue weighted by Crippen LogP contribution is -2.45. The molecule has 4 nitrogen and oxygen atoms in total. The molecule has 4 aromatic rings. The molecule has 0 amide bonds. The second-order valence-corrected chi connectivity index (χ2v) is 7.94. The third kappa shape index (κ3) is 6.64. The van der Waals surface area contributed by atoms with Crippen molar-refractivity contribution in [2.75, 3.05) is 0 Å². The highest BCUT2D eigenvalue weighted by Gasteiger charge is 2.59. The van der Waals surface area contributed by atoms with Gasteiger partial charge in [0.25, 0.3) is 6.17 Å². The molecule has 0 saturated carbocycles. The second-order valence-electron chi connectivity index (χ2n) is 7.94. The lowest BCUT2D eigenvalue weighted by molar-refractivity contribution is -0.304. The van der Waals surface area contributed by atoms with Crippen LogP contribution in [0.5, 0.6) is 28.7 Å². The average molecular weight is 532 g/mol. The predicted octanol–water partition coefficient (Wildman–Crippen LogP) is 8.37. The van der Waals surface area contributed by atoms with E-state index in [4.69, 9.17) is 9.47 Å². The first-order chi connectivity index (χ1) is 18.0. The fraction of sp³-hybridized carbons (Fsp3) is 0.107. The number of alkyl halides is 6. The molecule has 196 valence electrons. The molecule has 38 heavy (non-hydrogen) atoms. The third-order valence-electron chi connectivity index (χ3n) is 5.09. The summed E-state index contributed by atoms with van der Waals surface area (Å²) in [6.07, 6.45) is -15.4. The quantitative estimate of drug-likeness (QED) is 0.161. The van der Waals surface area contributed by atoms with Crippen LogP contribution < -0.4 is 14.2 Å². The molecule has 0 fully saturated rings. The number of ether oxygens (including phenoxy) is 3. The minimum Gasteiger partial charge on any atom is -0.457 e. The van der Waals surface area contributed by atoms with Crippen LogP contribution in [-0.2, 0) is 0 Å². The van der Waals surface area contributed by atoms with E-state index in [0.29, 0.717) is 23.0 Å². The number of ketones is 1. The standard InChI is InChI=1S/C28H18F6O4/c29-26(27(30,31)32)28(33,34)38-22-15-11-19(12-16-22)25(35)18-9-13-21(14-10-18)37-24-8-4-7-23(17-24)36-20-5-2-1-3-6-20/h1-17,26H. The Kier molecular flexibility index (Phi) is 7.61. The Morgan fingerprint density at radius 2 is 1.03 bits per heavy atom. The molecule has 4 aromatic carbocycles. The summed E-state index contributed by atoms with van der Waals surface area (Å²) >= 11 is 0. The Morgan fingerprint density at radius 1 is 0.579 bits per heavy atom. The summed E-state index contributed by atoms with van der Waals surface area (Å²) in [6, 6.07) is 26.1. The van der Waals surface area contributed by atoms with Crippen LogP contribution >= 0.6 is 0 Å². The van der Waals surface area contributed by atoms with Crippen molar-refractivity contribution in [3.05, 3.63) is 114 Å². The van der Waals surface area contributed by atoms with Crippen molar-refractivity contribution in [2.45, 2.75) is 18.5 Å². The molecule has 0 spiro atoms. The van der Waals surface area contributed by atoms with Crippen molar-refractivity contribution in [1.82, 2.24) is 0 Å². The Balaban J connectivity index is 1.39. The molecular weight excluding hydrogens is 514 g/mol. The van der Waals surface area contributed by atoms with Crippen LogP contribution in [0.3, 0.4) is 0 Å². The number of para-hydroxylation sites is 1. The van der Waals surface area contributed by atoms with E-state index in [9.17, 15) is 31.1 Å². The molecule has 0 aliphatic carbocycles. The summed E-state index contributed by atoms with van der Waals surface area (Å²) < 4.78 is 92.1. The van der Waals surface area contributed by atoms with Gasteiger partial charge in [0.2, 0.25) is 0 Å². The number of hydrogen-bond donors (Lipinski definition) is 0. The maximum Gasteiger partial charge on any atom is 0.439 e. The van der Waals surface area contributed by atoms with Crippen LogP contribution in [-0.4, -0.2) is 24.2 Å². The van der Waals surface area contributed by atoms with Crippen molar-refractivity contribution in [1.29, 1.82) is 0 Å². The Bertz CT molecular complexity index is 1370. The largest absolute Gasteiger partial charge is 0.457 e. The summed E-state index contributed by atoms with van der Waals surface area (Å²) in [5, 5.41) is 0. The summed E-state index contributed by atoms with van der Waals surface area (Å²) in [7, 11) is 0. The van der Waals surface area contributed by atoms with Crippen molar-refractivity contribution in [3.8, 4) is 28.7 Å². The first-order valence-electron chi connectivity index (χ1n) is 11.0. The smallest absolute Gasteiger partial charge is 0.439 e. The van der Waals surface area contributed by atoms with Gasteiger partial charge in [0.05, 0.1) is 0 Å². The zero-order valence-electron chi connectivity index (χ0n) is 19.3. The fourth-order valence-corrected chi connectivity index (χ4v) is 3.28. The van der Waals surface area contributed by atoms with Crippen LogP contribution in [0, 0.1) is 0 Å². The van der Waals surface area contributed by atoms with Crippen molar-refractivity contribution in [3.63, 3.8) is 0 Å². The molecule has 0 heterocycles. The van der Waals surface area contributed by atoms with Crippen LogP contribution in [0.25, 0.3) is 0 Å². The molecule has 0 N–H and O–H groups in total. The van der Waals surface area contributed by atoms with E-state index >= 15 is 0 Å². The topological polar surface area (TPSA) is 44.8 Å². The van der Waals surface area contributed by atoms with E-state index in [1.54, 1.807) is 36.4 Å². The van der Waals surface area contributed by atoms with Gasteiger partial charge in [-0.25, -0.2) is 4.39 Å². The second kappa shape index (κ2) is 10.9. The Hall–Kier alpha value is -4.47. The van der Waals surface area contributed by atoms with Crippen LogP contribution in [0.4, 0.5) is 26.3 Å². The first-order valence-corrected chi connectivity index (χ1v) is 11.0. The lowest BCUT2D eigenvalue weighted by Gasteiger charge is -2.23. The summed E-state index contributed by atoms with van der Waals surface area (Å²) in [6.45, 7) is 0. The van der Waals surface area contributed by atoms with Crippen LogP contribution in [0.2, 0.25) is 0 Å². The average Bonchev–Trinajstić information content (AvgIpc) is 2.89. The molecule has 1 atom stereocenters. The van der Waals surface area contributed by atoms with E-state index in [1.165, 1.54) is 12.1 Å². The Morgan fingerprint density at radius 3 is 1.53 bits per heavy atom. The number of rotatable bonds is 9. The Labute approximate surface area is 213 Å². The number of hydrogen-bond acceptors (Lipinski definition) is 4. The molecule has 10 heteroatoms. The van der Waals surface area contributed by atoms with Gasteiger partial charge in [-0.05, 0) is 72.8 Å². The van der Waals surface area contributed by atoms with Gasteiger partial charge >= 0.3 is 12.3 Å². The van der Waals surface area contributed by atoms with E-state index < -0.39 is 30.0 Å². The van der Waals surface area contributed by atoms with E-state index in [1.807, 2.05) is 30.3 Å². The molecule has 0 bridgehead atoms. The van der Waals surface area contributed by atoms with E-state index in [2.05, 4.69) is 4.74 Å². The summed E-state index contributed by atoms with van der Waals surface area (Å²) in [5.41, 5.74) is 0.283. The van der Waals surface area contributed by atoms with Gasteiger partial charge in [0.15, 0.2) is 5.78 Å². The van der Waals surface area contributed by atoms with Crippen molar-refractivity contribution < 1.29 is 45.3 Å². The highest BCUT2D eigenvalue weighted by molar-refractivity contribution is 6.09. The van der Waals surface area contributed by atoms with Gasteiger partial charge in [-0.3, -0.25) is 4.79 Å². The minimum absolute atomic E-state index is 0.0488. The lowest BCUT2D eigenvalue weighted by atomic mass is 10.0. The zero-order valence-corrected chi connectivity index (χ0v) is 19.3. The molecule has 4 rings (SSSR count). The molecular formula is C28H18F6O4. The predicted molar refractivity (Wildman–Crippen MR) is 126 cm³/mol. The first kappa shape index (κ1) is 26.6. The number of carbonyl (C=O) groups is 1. The minimum atomic E-state index is -5.80. The maximum atomic E-state index is 13.4. The zero-order chi connectivity index (χ0) is 27.3. The van der Waals surface area contributed by atoms with E-state index in [-0.39, 0.29) is 11.1 Å². The molecule has 1 unspecified atom stereocenters. The number of carbonyl (C=O) groups excluding carboxylic acids is 1. The van der Waals surface area contributed by atoms with E-state index in [0.717, 1.165) is 24.3 Å². The molecule has 0 radical (unpaired) electrons. The van der Waals surface area contributed by atoms with Gasteiger partial charge in [0, 0.05) is 17.2 Å². The van der Waals surface area contributed by atoms with Gasteiger partial charge < -0.3 is 14.2 Å². The number of halogens is 6. The molecule has 0 saturated heterocycles. The van der Waals surface area contributed by atoms with Crippen LogP contribution in [0.15, 0.2) is 103 Å². The highest BCUT2D eigenvalue weighted by atomic mass is 19.4. The van der Waals surface area contributed by atoms with Gasteiger partial charge in [-0.15, -0.1) is 0 Å². The fourth-order valence-electron chi connectivity index (χ4n) is 3.28. The van der Waals surface area contributed by atoms with Crippen molar-refractivity contribution in [2.24, 2.45) is 0 Å². The summed E-state index contributed by atoms with van der Waals surface area (Å²) in [5.74, 6) is 0.910. The summed E-state index contributed by atoms with van der Waals surface area (Å²) in [4.78, 5) is 12.7. The SMILES string of the molecule is O=C(c1ccc(Oc2cccc(Oc3ccccc3)c2)cc1)c1ccc(OC(F)(F)C(F)C(F)(F)F)cc1. The number of benzene rings is 4. The third-order valence-corrected chi connectivity index (χ3v) is 5.09. The van der Waals surface area contributed by atoms with Gasteiger partial charge in [-0.2, -0.15) is 22.0 Å². The van der Waals surface area contributed by atoms with Gasteiger partial charge in [0.1, 0.15) is 28.7 Å². The molecule has 0 aromatic heterocycles. The van der Waals surface area contributed by atoms with Crippen LogP contribution in [0.1, 0.15) is 15.9 Å². The normalized spacial score (nSPS) is 12.5. The van der Waals surface area contributed by atoms with Gasteiger partial charge in [-0.1, -0.05) is 24.3 Å². The highest BCUT2D eigenvalue weighted by Crippen LogP contribution is 2.36. The van der Waals surface area contributed by atoms with Crippen molar-refractivity contribution >= 4 is 5.78 Å². The molecule has 0 aliphatic rings. The molecule has 0 aliphatic heterocycles.